The SMILES string of the molecule is CCN(CC(=O)NC(=O)Nc1ccccc1F)c1c(N)n(Cc2ccccc2)c(=O)[nH]c1=O. The number of halogens is 1. The molecule has 0 aliphatic carbocycles. The molecule has 0 aliphatic heterocycles. The van der Waals surface area contributed by atoms with Gasteiger partial charge in [0, 0.05) is 6.54 Å². The van der Waals surface area contributed by atoms with Crippen molar-refractivity contribution in [2.45, 2.75) is 13.5 Å². The molecule has 5 N–H and O–H groups in total. The Bertz CT molecular complexity index is 1270. The fourth-order valence-electron chi connectivity index (χ4n) is 3.21. The van der Waals surface area contributed by atoms with Gasteiger partial charge < -0.3 is 16.0 Å². The van der Waals surface area contributed by atoms with Crippen LogP contribution >= 0.6 is 0 Å². The molecule has 11 heteroatoms. The van der Waals surface area contributed by atoms with Crippen LogP contribution in [0.3, 0.4) is 0 Å². The van der Waals surface area contributed by atoms with Crippen molar-refractivity contribution in [3.05, 3.63) is 86.8 Å². The molecule has 0 saturated heterocycles. The van der Waals surface area contributed by atoms with E-state index < -0.39 is 35.5 Å². The van der Waals surface area contributed by atoms with Crippen LogP contribution < -0.4 is 32.5 Å². The Morgan fingerprint density at radius 1 is 1.09 bits per heavy atom. The van der Waals surface area contributed by atoms with E-state index in [9.17, 15) is 23.6 Å². The third-order valence-corrected chi connectivity index (χ3v) is 4.81. The summed E-state index contributed by atoms with van der Waals surface area (Å²) in [5.41, 5.74) is 5.33. The summed E-state index contributed by atoms with van der Waals surface area (Å²) >= 11 is 0. The number of carbonyl (C=O) groups excluding carboxylic acids is 2. The number of nitrogens with zero attached hydrogens (tertiary/aromatic N) is 2. The van der Waals surface area contributed by atoms with Crippen LogP contribution in [0.5, 0.6) is 0 Å². The summed E-state index contributed by atoms with van der Waals surface area (Å²) in [5, 5.41) is 4.31. The van der Waals surface area contributed by atoms with E-state index in [1.807, 2.05) is 6.07 Å². The molecule has 0 aliphatic rings. The Morgan fingerprint density at radius 2 is 1.76 bits per heavy atom. The van der Waals surface area contributed by atoms with E-state index in [1.165, 1.54) is 27.7 Å². The Kier molecular flexibility index (Phi) is 7.24. The van der Waals surface area contributed by atoms with E-state index in [4.69, 9.17) is 5.73 Å². The van der Waals surface area contributed by atoms with Gasteiger partial charge in [0.15, 0.2) is 0 Å². The molecule has 1 aromatic heterocycles. The van der Waals surface area contributed by atoms with E-state index in [1.54, 1.807) is 31.2 Å². The molecule has 0 unspecified atom stereocenters. The number of amides is 3. The van der Waals surface area contributed by atoms with Crippen LogP contribution in [0.1, 0.15) is 12.5 Å². The second-order valence-electron chi connectivity index (χ2n) is 7.06. The summed E-state index contributed by atoms with van der Waals surface area (Å²) in [4.78, 5) is 52.9. The predicted octanol–water partition coefficient (Wildman–Crippen LogP) is 1.48. The van der Waals surface area contributed by atoms with E-state index in [-0.39, 0.29) is 30.3 Å². The molecule has 0 radical (unpaired) electrons. The van der Waals surface area contributed by atoms with Gasteiger partial charge in [-0.1, -0.05) is 42.5 Å². The molecule has 0 fully saturated rings. The summed E-state index contributed by atoms with van der Waals surface area (Å²) in [7, 11) is 0. The number of nitrogens with one attached hydrogen (secondary N) is 3. The Labute approximate surface area is 187 Å². The van der Waals surface area contributed by atoms with Gasteiger partial charge >= 0.3 is 11.7 Å². The van der Waals surface area contributed by atoms with Crippen LogP contribution in [0.15, 0.2) is 64.2 Å². The third-order valence-electron chi connectivity index (χ3n) is 4.81. The zero-order chi connectivity index (χ0) is 24.0. The van der Waals surface area contributed by atoms with Gasteiger partial charge in [-0.25, -0.2) is 14.0 Å². The van der Waals surface area contributed by atoms with E-state index in [0.29, 0.717) is 0 Å². The van der Waals surface area contributed by atoms with E-state index in [0.717, 1.165) is 11.6 Å². The van der Waals surface area contributed by atoms with Crippen molar-refractivity contribution in [1.82, 2.24) is 14.9 Å². The summed E-state index contributed by atoms with van der Waals surface area (Å²) < 4.78 is 14.9. The number of benzene rings is 2. The van der Waals surface area contributed by atoms with Crippen molar-refractivity contribution in [2.75, 3.05) is 29.0 Å². The number of likely N-dealkylation sites (N-methyl/N-ethyl adjacent to an activating group) is 1. The Morgan fingerprint density at radius 3 is 2.42 bits per heavy atom. The number of urea groups is 1. The Hall–Kier alpha value is -4.41. The molecule has 10 nitrogen and oxygen atoms in total. The number of aromatic nitrogens is 2. The third kappa shape index (κ3) is 5.64. The average Bonchev–Trinajstić information content (AvgIpc) is 2.78. The molecule has 33 heavy (non-hydrogen) atoms. The highest BCUT2D eigenvalue weighted by atomic mass is 19.1. The first-order valence-electron chi connectivity index (χ1n) is 10.1. The largest absolute Gasteiger partial charge is 0.383 e. The maximum atomic E-state index is 13.7. The van der Waals surface area contributed by atoms with Gasteiger partial charge in [0.05, 0.1) is 18.8 Å². The molecule has 0 bridgehead atoms. The molecule has 3 rings (SSSR count). The number of carbonyl (C=O) groups is 2. The summed E-state index contributed by atoms with van der Waals surface area (Å²) in [6.45, 7) is 1.57. The fourth-order valence-corrected chi connectivity index (χ4v) is 3.21. The first-order valence-corrected chi connectivity index (χ1v) is 10.1. The van der Waals surface area contributed by atoms with Crippen LogP contribution in [-0.4, -0.2) is 34.6 Å². The summed E-state index contributed by atoms with van der Waals surface area (Å²) in [5.74, 6) is -1.53. The lowest BCUT2D eigenvalue weighted by atomic mass is 10.2. The quantitative estimate of drug-likeness (QED) is 0.426. The standard InChI is InChI=1S/C22H23FN6O4/c1-2-28(13-17(30)26-21(32)25-16-11-7-6-10-15(16)23)18-19(24)29(22(33)27-20(18)31)12-14-8-4-3-5-9-14/h3-11H,2,12-13,24H2,1H3,(H,27,31,33)(H2,25,26,30,32). The number of hydrogen-bond acceptors (Lipinski definition) is 6. The van der Waals surface area contributed by atoms with Crippen molar-refractivity contribution >= 4 is 29.1 Å². The molecule has 3 amide bonds. The number of nitrogens with two attached hydrogens (primary N) is 1. The molecule has 172 valence electrons. The summed E-state index contributed by atoms with van der Waals surface area (Å²) in [6, 6.07) is 13.6. The van der Waals surface area contributed by atoms with Crippen LogP contribution in [0.4, 0.5) is 26.4 Å². The monoisotopic (exact) mass is 454 g/mol. The van der Waals surface area contributed by atoms with Gasteiger partial charge in [-0.3, -0.25) is 24.5 Å². The van der Waals surface area contributed by atoms with Gasteiger partial charge in [-0.15, -0.1) is 0 Å². The van der Waals surface area contributed by atoms with Gasteiger partial charge in [-0.2, -0.15) is 0 Å². The van der Waals surface area contributed by atoms with Crippen molar-refractivity contribution < 1.29 is 14.0 Å². The van der Waals surface area contributed by atoms with Gasteiger partial charge in [-0.05, 0) is 24.6 Å². The van der Waals surface area contributed by atoms with Crippen molar-refractivity contribution in [2.24, 2.45) is 0 Å². The number of H-pyrrole nitrogens is 1. The zero-order valence-corrected chi connectivity index (χ0v) is 17.8. The molecular weight excluding hydrogens is 431 g/mol. The highest BCUT2D eigenvalue weighted by molar-refractivity contribution is 6.02. The number of hydrogen-bond donors (Lipinski definition) is 4. The van der Waals surface area contributed by atoms with E-state index in [2.05, 4.69) is 15.6 Å². The maximum Gasteiger partial charge on any atom is 0.330 e. The van der Waals surface area contributed by atoms with Crippen LogP contribution in [0.25, 0.3) is 0 Å². The van der Waals surface area contributed by atoms with Gasteiger partial charge in [0.1, 0.15) is 17.3 Å². The first-order chi connectivity index (χ1) is 15.8. The second-order valence-corrected chi connectivity index (χ2v) is 7.06. The molecule has 1 heterocycles. The average molecular weight is 454 g/mol. The van der Waals surface area contributed by atoms with Crippen LogP contribution in [0.2, 0.25) is 0 Å². The lowest BCUT2D eigenvalue weighted by molar-refractivity contribution is -0.118. The summed E-state index contributed by atoms with van der Waals surface area (Å²) in [6.07, 6.45) is 0. The van der Waals surface area contributed by atoms with Gasteiger partial charge in [0.25, 0.3) is 5.56 Å². The number of imide groups is 1. The lowest BCUT2D eigenvalue weighted by Crippen LogP contribution is -2.45. The van der Waals surface area contributed by atoms with Crippen molar-refractivity contribution in [1.29, 1.82) is 0 Å². The number of nitrogen functional groups attached to an aromatic ring is 1. The predicted molar refractivity (Wildman–Crippen MR) is 123 cm³/mol. The van der Waals surface area contributed by atoms with Crippen LogP contribution in [0, 0.1) is 5.82 Å². The van der Waals surface area contributed by atoms with Gasteiger partial charge in [0.2, 0.25) is 5.91 Å². The fraction of sp³-hybridized carbons (Fsp3) is 0.182. The van der Waals surface area contributed by atoms with Crippen molar-refractivity contribution in [3.63, 3.8) is 0 Å². The topological polar surface area (TPSA) is 142 Å². The highest BCUT2D eigenvalue weighted by Gasteiger charge is 2.21. The number of rotatable bonds is 7. The van der Waals surface area contributed by atoms with Crippen molar-refractivity contribution in [3.8, 4) is 0 Å². The normalized spacial score (nSPS) is 10.5. The zero-order valence-electron chi connectivity index (χ0n) is 17.8. The molecule has 0 spiro atoms. The van der Waals surface area contributed by atoms with Crippen LogP contribution in [-0.2, 0) is 11.3 Å². The molecule has 0 saturated carbocycles. The van der Waals surface area contributed by atoms with E-state index >= 15 is 0 Å². The Balaban J connectivity index is 1.78. The first kappa shape index (κ1) is 23.3. The molecule has 0 atom stereocenters. The number of para-hydroxylation sites is 1. The minimum Gasteiger partial charge on any atom is -0.383 e. The minimum absolute atomic E-state index is 0.0716. The molecule has 3 aromatic rings. The molecule has 2 aromatic carbocycles. The highest BCUT2D eigenvalue weighted by Crippen LogP contribution is 2.17. The second kappa shape index (κ2) is 10.3. The smallest absolute Gasteiger partial charge is 0.330 e. The number of aromatic amines is 1. The lowest BCUT2D eigenvalue weighted by Gasteiger charge is -2.24. The minimum atomic E-state index is -0.933. The maximum absolute atomic E-state index is 13.7. The number of anilines is 3. The molecular formula is C22H23FN6O4.